The lowest BCUT2D eigenvalue weighted by Gasteiger charge is -2.35. The van der Waals surface area contributed by atoms with Gasteiger partial charge in [0.25, 0.3) is 0 Å². The zero-order valence-corrected chi connectivity index (χ0v) is 22.3. The summed E-state index contributed by atoms with van der Waals surface area (Å²) in [5, 5.41) is -0.122. The minimum Gasteiger partial charge on any atom is -0.477 e. The summed E-state index contributed by atoms with van der Waals surface area (Å²) < 4.78 is 38.8. The van der Waals surface area contributed by atoms with Crippen LogP contribution in [0.1, 0.15) is 72.6 Å². The number of rotatable bonds is 11. The molecule has 3 rings (SSSR count). The number of allylic oxidation sites excluding steroid dienone is 2. The molecular formula is C26H43N3O4S. The molecule has 0 amide bonds. The molecule has 0 aromatic carbocycles. The minimum atomic E-state index is -3.06. The monoisotopic (exact) mass is 493 g/mol. The lowest BCUT2D eigenvalue weighted by molar-refractivity contribution is 0.0177. The van der Waals surface area contributed by atoms with Crippen molar-refractivity contribution in [1.82, 2.24) is 9.21 Å². The van der Waals surface area contributed by atoms with Gasteiger partial charge < -0.3 is 14.4 Å². The van der Waals surface area contributed by atoms with Crippen molar-refractivity contribution >= 4 is 16.2 Å². The summed E-state index contributed by atoms with van der Waals surface area (Å²) in [5.74, 6) is 1.82. The SMILES string of the molecule is C=C(CC1CCN(S(=O)(=O)C2CC2)CC1)/C(C)=C(\N=CC)OC1CCN(C(=C)OC(C)C)CC1. The van der Waals surface area contributed by atoms with Crippen LogP contribution in [0.25, 0.3) is 0 Å². The number of hydrogen-bond donors (Lipinski definition) is 0. The van der Waals surface area contributed by atoms with Crippen LogP contribution in [0.2, 0.25) is 0 Å². The second-order valence-electron chi connectivity index (χ2n) is 10.1. The molecule has 3 fully saturated rings. The van der Waals surface area contributed by atoms with Crippen LogP contribution in [0.4, 0.5) is 0 Å². The second-order valence-corrected chi connectivity index (χ2v) is 12.3. The zero-order chi connectivity index (χ0) is 24.9. The van der Waals surface area contributed by atoms with Gasteiger partial charge in [0, 0.05) is 50.8 Å². The van der Waals surface area contributed by atoms with Gasteiger partial charge in [0.2, 0.25) is 15.9 Å². The Kier molecular flexibility index (Phi) is 9.27. The van der Waals surface area contributed by atoms with Crippen LogP contribution in [-0.4, -0.2) is 67.5 Å². The number of hydrogen-bond acceptors (Lipinski definition) is 6. The largest absolute Gasteiger partial charge is 0.477 e. The Morgan fingerprint density at radius 3 is 2.21 bits per heavy atom. The Hall–Kier alpha value is -1.80. The van der Waals surface area contributed by atoms with E-state index in [1.807, 2.05) is 27.7 Å². The summed E-state index contributed by atoms with van der Waals surface area (Å²) in [6.07, 6.45) is 8.01. The molecule has 3 aliphatic rings. The Labute approximate surface area is 206 Å². The number of piperidine rings is 2. The van der Waals surface area contributed by atoms with Gasteiger partial charge >= 0.3 is 0 Å². The molecule has 0 atom stereocenters. The van der Waals surface area contributed by atoms with Crippen molar-refractivity contribution in [2.24, 2.45) is 10.9 Å². The third-order valence-corrected chi connectivity index (χ3v) is 9.36. The summed E-state index contributed by atoms with van der Waals surface area (Å²) in [6, 6.07) is 0. The predicted molar refractivity (Wildman–Crippen MR) is 138 cm³/mol. The molecule has 0 unspecified atom stereocenters. The van der Waals surface area contributed by atoms with Gasteiger partial charge in [-0.05, 0) is 77.9 Å². The van der Waals surface area contributed by atoms with Crippen LogP contribution in [-0.2, 0) is 19.5 Å². The van der Waals surface area contributed by atoms with Crippen LogP contribution < -0.4 is 0 Å². The first-order valence-corrected chi connectivity index (χ1v) is 14.3. The molecule has 1 saturated carbocycles. The third kappa shape index (κ3) is 7.11. The van der Waals surface area contributed by atoms with Gasteiger partial charge in [-0.3, -0.25) is 0 Å². The summed E-state index contributed by atoms with van der Waals surface area (Å²) in [4.78, 5) is 6.70. The molecule has 0 aromatic rings. The molecule has 2 saturated heterocycles. The first kappa shape index (κ1) is 26.8. The molecule has 1 aliphatic carbocycles. The molecule has 0 spiro atoms. The number of sulfonamides is 1. The molecule has 7 nitrogen and oxygen atoms in total. The Balaban J connectivity index is 1.51. The van der Waals surface area contributed by atoms with Crippen LogP contribution in [0, 0.1) is 5.92 Å². The highest BCUT2D eigenvalue weighted by molar-refractivity contribution is 7.90. The van der Waals surface area contributed by atoms with Gasteiger partial charge in [-0.15, -0.1) is 0 Å². The number of nitrogens with zero attached hydrogens (tertiary/aromatic N) is 3. The van der Waals surface area contributed by atoms with Crippen molar-refractivity contribution in [2.75, 3.05) is 26.2 Å². The molecular weight excluding hydrogens is 450 g/mol. The van der Waals surface area contributed by atoms with E-state index < -0.39 is 10.0 Å². The van der Waals surface area contributed by atoms with Crippen LogP contribution in [0.5, 0.6) is 0 Å². The Morgan fingerprint density at radius 1 is 1.06 bits per heavy atom. The van der Waals surface area contributed by atoms with E-state index in [9.17, 15) is 8.42 Å². The van der Waals surface area contributed by atoms with Gasteiger partial charge in [-0.2, -0.15) is 0 Å². The van der Waals surface area contributed by atoms with Gasteiger partial charge in [0.15, 0.2) is 5.88 Å². The topological polar surface area (TPSA) is 71.4 Å². The van der Waals surface area contributed by atoms with E-state index in [1.165, 1.54) is 0 Å². The molecule has 0 radical (unpaired) electrons. The maximum Gasteiger partial charge on any atom is 0.216 e. The first-order chi connectivity index (χ1) is 16.1. The van der Waals surface area contributed by atoms with E-state index in [4.69, 9.17) is 9.47 Å². The first-order valence-electron chi connectivity index (χ1n) is 12.8. The van der Waals surface area contributed by atoms with Crippen molar-refractivity contribution in [2.45, 2.75) is 90.1 Å². The highest BCUT2D eigenvalue weighted by Gasteiger charge is 2.41. The van der Waals surface area contributed by atoms with E-state index >= 15 is 0 Å². The summed E-state index contributed by atoms with van der Waals surface area (Å²) >= 11 is 0. The summed E-state index contributed by atoms with van der Waals surface area (Å²) in [5.41, 5.74) is 2.02. The normalized spacial score (nSPS) is 22.2. The maximum atomic E-state index is 12.5. The maximum absolute atomic E-state index is 12.5. The predicted octanol–water partition coefficient (Wildman–Crippen LogP) is 4.84. The molecule has 192 valence electrons. The number of ether oxygens (including phenoxy) is 2. The molecule has 8 heteroatoms. The van der Waals surface area contributed by atoms with Gasteiger partial charge in [-0.1, -0.05) is 6.58 Å². The molecule has 2 heterocycles. The van der Waals surface area contributed by atoms with Crippen molar-refractivity contribution < 1.29 is 17.9 Å². The quantitative estimate of drug-likeness (QED) is 0.234. The van der Waals surface area contributed by atoms with Gasteiger partial charge in [-0.25, -0.2) is 17.7 Å². The smallest absolute Gasteiger partial charge is 0.216 e. The molecule has 34 heavy (non-hydrogen) atoms. The summed E-state index contributed by atoms with van der Waals surface area (Å²) in [7, 11) is -3.06. The molecule has 2 aliphatic heterocycles. The van der Waals surface area contributed by atoms with Crippen LogP contribution in [0.3, 0.4) is 0 Å². The summed E-state index contributed by atoms with van der Waals surface area (Å²) in [6.45, 7) is 19.3. The van der Waals surface area contributed by atoms with E-state index in [0.29, 0.717) is 24.9 Å². The Morgan fingerprint density at radius 2 is 1.68 bits per heavy atom. The lowest BCUT2D eigenvalue weighted by atomic mass is 9.89. The molecule has 0 N–H and O–H groups in total. The fraction of sp³-hybridized carbons (Fsp3) is 0.731. The highest BCUT2D eigenvalue weighted by Crippen LogP contribution is 2.35. The number of likely N-dealkylation sites (tertiary alicyclic amines) is 1. The standard InChI is InChI=1S/C26H43N3O4S/c1-7-27-26(33-24-12-14-28(15-13-24)22(6)32-19(2)3)21(5)20(4)18-23-10-16-29(17-11-23)34(30,31)25-8-9-25/h7,19,23-25H,4,6,8-18H2,1-3,5H3/b26-21+,27-7?. The van der Waals surface area contributed by atoms with E-state index in [0.717, 1.165) is 75.1 Å². The lowest BCUT2D eigenvalue weighted by Crippen LogP contribution is -2.40. The van der Waals surface area contributed by atoms with Crippen molar-refractivity contribution in [1.29, 1.82) is 0 Å². The molecule has 0 bridgehead atoms. The average Bonchev–Trinajstić information content (AvgIpc) is 3.65. The van der Waals surface area contributed by atoms with E-state index in [1.54, 1.807) is 10.5 Å². The zero-order valence-electron chi connectivity index (χ0n) is 21.5. The van der Waals surface area contributed by atoms with E-state index in [-0.39, 0.29) is 17.5 Å². The average molecular weight is 494 g/mol. The highest BCUT2D eigenvalue weighted by atomic mass is 32.2. The van der Waals surface area contributed by atoms with Crippen LogP contribution in [0.15, 0.2) is 41.1 Å². The third-order valence-electron chi connectivity index (χ3n) is 6.96. The van der Waals surface area contributed by atoms with Crippen molar-refractivity contribution in [3.63, 3.8) is 0 Å². The van der Waals surface area contributed by atoms with E-state index in [2.05, 4.69) is 23.1 Å². The fourth-order valence-corrected chi connectivity index (χ4v) is 6.53. The van der Waals surface area contributed by atoms with Crippen molar-refractivity contribution in [3.8, 4) is 0 Å². The number of aliphatic imine (C=N–C) groups is 1. The fourth-order valence-electron chi connectivity index (χ4n) is 4.66. The van der Waals surface area contributed by atoms with Crippen molar-refractivity contribution in [3.05, 3.63) is 36.1 Å². The minimum absolute atomic E-state index is 0.0976. The Bertz CT molecular complexity index is 889. The van der Waals surface area contributed by atoms with Crippen LogP contribution >= 0.6 is 0 Å². The molecule has 0 aromatic heterocycles. The van der Waals surface area contributed by atoms with Gasteiger partial charge in [0.05, 0.1) is 11.4 Å². The second kappa shape index (κ2) is 11.8. The van der Waals surface area contributed by atoms with Gasteiger partial charge in [0.1, 0.15) is 6.10 Å².